The van der Waals surface area contributed by atoms with E-state index in [1.165, 1.54) is 0 Å². The van der Waals surface area contributed by atoms with Crippen molar-refractivity contribution in [1.29, 1.82) is 0 Å². The van der Waals surface area contributed by atoms with Crippen LogP contribution in [0.4, 0.5) is 0 Å². The second-order valence-corrected chi connectivity index (χ2v) is 1.86. The van der Waals surface area contributed by atoms with E-state index in [4.69, 9.17) is 9.47 Å². The van der Waals surface area contributed by atoms with Crippen LogP contribution < -0.4 is 9.47 Å². The van der Waals surface area contributed by atoms with Crippen LogP contribution in [-0.4, -0.2) is 23.2 Å². The summed E-state index contributed by atoms with van der Waals surface area (Å²) in [4.78, 5) is 7.82. The SMILES string of the molecule is c1cnc2c(n1)OCCO2. The first-order valence-corrected chi connectivity index (χ1v) is 3.03. The quantitative estimate of drug-likeness (QED) is 0.515. The van der Waals surface area contributed by atoms with Gasteiger partial charge >= 0.3 is 0 Å². The molecule has 1 aromatic rings. The van der Waals surface area contributed by atoms with Gasteiger partial charge in [0.1, 0.15) is 13.2 Å². The number of hydrogen-bond acceptors (Lipinski definition) is 4. The van der Waals surface area contributed by atoms with E-state index in [0.29, 0.717) is 25.0 Å². The zero-order valence-corrected chi connectivity index (χ0v) is 5.28. The third-order valence-corrected chi connectivity index (χ3v) is 1.19. The summed E-state index contributed by atoms with van der Waals surface area (Å²) >= 11 is 0. The van der Waals surface area contributed by atoms with Crippen LogP contribution in [-0.2, 0) is 0 Å². The fourth-order valence-electron chi connectivity index (χ4n) is 0.787. The van der Waals surface area contributed by atoms with E-state index in [2.05, 4.69) is 9.97 Å². The Balaban J connectivity index is 2.41. The lowest BCUT2D eigenvalue weighted by Crippen LogP contribution is -2.16. The van der Waals surface area contributed by atoms with Crippen LogP contribution in [0.15, 0.2) is 12.4 Å². The fourth-order valence-corrected chi connectivity index (χ4v) is 0.787. The highest BCUT2D eigenvalue weighted by Crippen LogP contribution is 2.22. The van der Waals surface area contributed by atoms with Crippen LogP contribution in [0.1, 0.15) is 0 Å². The monoisotopic (exact) mass is 138 g/mol. The van der Waals surface area contributed by atoms with E-state index in [-0.39, 0.29) is 0 Å². The van der Waals surface area contributed by atoms with Gasteiger partial charge in [-0.05, 0) is 0 Å². The molecule has 2 heterocycles. The highest BCUT2D eigenvalue weighted by Gasteiger charge is 2.11. The molecule has 0 radical (unpaired) electrons. The minimum absolute atomic E-state index is 0.494. The molecule has 0 aromatic carbocycles. The Morgan fingerprint density at radius 2 is 1.50 bits per heavy atom. The minimum atomic E-state index is 0.494. The maximum absolute atomic E-state index is 5.12. The number of aromatic nitrogens is 2. The van der Waals surface area contributed by atoms with Crippen LogP contribution in [0, 0.1) is 0 Å². The lowest BCUT2D eigenvalue weighted by Gasteiger charge is -2.14. The van der Waals surface area contributed by atoms with Gasteiger partial charge in [-0.2, -0.15) is 0 Å². The van der Waals surface area contributed by atoms with Gasteiger partial charge in [0.25, 0.3) is 11.8 Å². The molecule has 0 fully saturated rings. The molecule has 0 spiro atoms. The summed E-state index contributed by atoms with van der Waals surface area (Å²) < 4.78 is 10.2. The molecule has 1 aromatic heterocycles. The van der Waals surface area contributed by atoms with Crippen LogP contribution in [0.2, 0.25) is 0 Å². The highest BCUT2D eigenvalue weighted by atomic mass is 16.6. The molecule has 52 valence electrons. The topological polar surface area (TPSA) is 44.2 Å². The molecule has 4 nitrogen and oxygen atoms in total. The number of hydrogen-bond donors (Lipinski definition) is 0. The predicted octanol–water partition coefficient (Wildman–Crippen LogP) is 0.248. The van der Waals surface area contributed by atoms with Gasteiger partial charge in [0, 0.05) is 12.4 Å². The summed E-state index contributed by atoms with van der Waals surface area (Å²) in [6.45, 7) is 1.12. The predicted molar refractivity (Wildman–Crippen MR) is 33.0 cm³/mol. The zero-order valence-electron chi connectivity index (χ0n) is 5.28. The Kier molecular flexibility index (Phi) is 1.16. The van der Waals surface area contributed by atoms with Crippen LogP contribution in [0.3, 0.4) is 0 Å². The van der Waals surface area contributed by atoms with Gasteiger partial charge in [-0.25, -0.2) is 9.97 Å². The van der Waals surface area contributed by atoms with E-state index in [0.717, 1.165) is 0 Å². The molecule has 0 bridgehead atoms. The van der Waals surface area contributed by atoms with E-state index in [1.54, 1.807) is 12.4 Å². The summed E-state index contributed by atoms with van der Waals surface area (Å²) in [6, 6.07) is 0. The summed E-state index contributed by atoms with van der Waals surface area (Å²) in [5, 5.41) is 0. The molecular formula is C6H6N2O2. The first-order valence-electron chi connectivity index (χ1n) is 3.03. The molecule has 0 saturated heterocycles. The largest absolute Gasteiger partial charge is 0.470 e. The van der Waals surface area contributed by atoms with Crippen molar-refractivity contribution >= 4 is 0 Å². The molecule has 1 aliphatic heterocycles. The summed E-state index contributed by atoms with van der Waals surface area (Å²) in [5.41, 5.74) is 0. The van der Waals surface area contributed by atoms with Crippen molar-refractivity contribution in [1.82, 2.24) is 9.97 Å². The van der Waals surface area contributed by atoms with Gasteiger partial charge in [0.15, 0.2) is 0 Å². The number of fused-ring (bicyclic) bond motifs is 1. The van der Waals surface area contributed by atoms with Gasteiger partial charge in [-0.1, -0.05) is 0 Å². The molecule has 0 saturated carbocycles. The van der Waals surface area contributed by atoms with Crippen molar-refractivity contribution in [3.8, 4) is 11.8 Å². The van der Waals surface area contributed by atoms with Crippen molar-refractivity contribution in [3.05, 3.63) is 12.4 Å². The van der Waals surface area contributed by atoms with Gasteiger partial charge < -0.3 is 9.47 Å². The molecule has 10 heavy (non-hydrogen) atoms. The molecule has 0 aliphatic carbocycles. The Labute approximate surface area is 57.8 Å². The second kappa shape index (κ2) is 2.13. The molecule has 2 rings (SSSR count). The third kappa shape index (κ3) is 0.775. The minimum Gasteiger partial charge on any atom is -0.470 e. The first-order chi connectivity index (χ1) is 4.97. The number of ether oxygens (including phenoxy) is 2. The van der Waals surface area contributed by atoms with E-state index in [9.17, 15) is 0 Å². The molecule has 0 unspecified atom stereocenters. The summed E-state index contributed by atoms with van der Waals surface area (Å²) in [5.74, 6) is 0.988. The van der Waals surface area contributed by atoms with Gasteiger partial charge in [-0.15, -0.1) is 0 Å². The van der Waals surface area contributed by atoms with Gasteiger partial charge in [0.05, 0.1) is 0 Å². The van der Waals surface area contributed by atoms with Gasteiger partial charge in [-0.3, -0.25) is 0 Å². The molecule has 0 atom stereocenters. The van der Waals surface area contributed by atoms with E-state index in [1.807, 2.05) is 0 Å². The summed E-state index contributed by atoms with van der Waals surface area (Å²) in [7, 11) is 0. The average Bonchev–Trinajstić information content (AvgIpc) is 2.05. The van der Waals surface area contributed by atoms with Gasteiger partial charge in [0.2, 0.25) is 0 Å². The average molecular weight is 138 g/mol. The molecule has 4 heteroatoms. The smallest absolute Gasteiger partial charge is 0.278 e. The van der Waals surface area contributed by atoms with Crippen molar-refractivity contribution < 1.29 is 9.47 Å². The Hall–Kier alpha value is -1.32. The second-order valence-electron chi connectivity index (χ2n) is 1.86. The number of rotatable bonds is 0. The van der Waals surface area contributed by atoms with Crippen molar-refractivity contribution in [3.63, 3.8) is 0 Å². The lowest BCUT2D eigenvalue weighted by molar-refractivity contribution is 0.157. The normalized spacial score (nSPS) is 14.8. The van der Waals surface area contributed by atoms with Crippen molar-refractivity contribution in [2.24, 2.45) is 0 Å². The lowest BCUT2D eigenvalue weighted by atomic mass is 10.6. The fraction of sp³-hybridized carbons (Fsp3) is 0.333. The van der Waals surface area contributed by atoms with Crippen LogP contribution in [0.25, 0.3) is 0 Å². The third-order valence-electron chi connectivity index (χ3n) is 1.19. The molecular weight excluding hydrogens is 132 g/mol. The number of nitrogens with zero attached hydrogens (tertiary/aromatic N) is 2. The standard InChI is InChI=1S/C6H6N2O2/c1-2-8-6-5(7-1)9-3-4-10-6/h1-2H,3-4H2. The maximum Gasteiger partial charge on any atom is 0.278 e. The van der Waals surface area contributed by atoms with Crippen molar-refractivity contribution in [2.45, 2.75) is 0 Å². The first kappa shape index (κ1) is 5.46. The van der Waals surface area contributed by atoms with E-state index >= 15 is 0 Å². The Morgan fingerprint density at radius 1 is 1.00 bits per heavy atom. The van der Waals surface area contributed by atoms with Crippen LogP contribution in [0.5, 0.6) is 11.8 Å². The van der Waals surface area contributed by atoms with E-state index < -0.39 is 0 Å². The van der Waals surface area contributed by atoms with Crippen molar-refractivity contribution in [2.75, 3.05) is 13.2 Å². The Bertz CT molecular complexity index is 214. The maximum atomic E-state index is 5.12. The summed E-state index contributed by atoms with van der Waals surface area (Å²) in [6.07, 6.45) is 3.15. The molecule has 0 N–H and O–H groups in total. The molecule has 0 amide bonds. The highest BCUT2D eigenvalue weighted by molar-refractivity contribution is 5.24. The molecule has 1 aliphatic rings. The Morgan fingerprint density at radius 3 is 2.00 bits per heavy atom. The van der Waals surface area contributed by atoms with Crippen LogP contribution >= 0.6 is 0 Å². The zero-order chi connectivity index (χ0) is 6.81.